The molecule has 3 heteroatoms. The molecule has 2 aromatic carbocycles. The molecule has 0 aliphatic carbocycles. The molecule has 1 unspecified atom stereocenters. The fraction of sp³-hybridized carbons (Fsp3) is 0.350. The van der Waals surface area contributed by atoms with E-state index in [0.29, 0.717) is 6.54 Å². The van der Waals surface area contributed by atoms with Crippen LogP contribution in [0, 0.1) is 0 Å². The Morgan fingerprint density at radius 3 is 1.91 bits per heavy atom. The van der Waals surface area contributed by atoms with Gasteiger partial charge in [0, 0.05) is 12.6 Å². The lowest BCUT2D eigenvalue weighted by atomic mass is 10.0. The molecular formula is C20H26N2O. The molecule has 0 aromatic heterocycles. The molecule has 0 heterocycles. The Labute approximate surface area is 139 Å². The van der Waals surface area contributed by atoms with Gasteiger partial charge in [-0.2, -0.15) is 0 Å². The second kappa shape index (κ2) is 7.93. The van der Waals surface area contributed by atoms with Gasteiger partial charge in [0.15, 0.2) is 0 Å². The van der Waals surface area contributed by atoms with Gasteiger partial charge in [0.1, 0.15) is 6.04 Å². The SMILES string of the molecule is CC(C)N(Cc1ccccc1)C(=O)C(c1ccccc1)N(C)C. The molecule has 0 radical (unpaired) electrons. The van der Waals surface area contributed by atoms with Crippen LogP contribution >= 0.6 is 0 Å². The summed E-state index contributed by atoms with van der Waals surface area (Å²) in [6, 6.07) is 20.0. The molecule has 0 fully saturated rings. The van der Waals surface area contributed by atoms with Gasteiger partial charge >= 0.3 is 0 Å². The third-order valence-electron chi connectivity index (χ3n) is 3.97. The topological polar surface area (TPSA) is 23.6 Å². The van der Waals surface area contributed by atoms with Crippen LogP contribution in [0.5, 0.6) is 0 Å². The van der Waals surface area contributed by atoms with Crippen molar-refractivity contribution in [3.8, 4) is 0 Å². The maximum absolute atomic E-state index is 13.2. The van der Waals surface area contributed by atoms with E-state index in [1.54, 1.807) is 0 Å². The number of nitrogens with zero attached hydrogens (tertiary/aromatic N) is 2. The first-order valence-electron chi connectivity index (χ1n) is 8.06. The Balaban J connectivity index is 2.28. The first-order valence-corrected chi connectivity index (χ1v) is 8.06. The van der Waals surface area contributed by atoms with E-state index in [0.717, 1.165) is 11.1 Å². The minimum atomic E-state index is -0.262. The number of carbonyl (C=O) groups excluding carboxylic acids is 1. The smallest absolute Gasteiger partial charge is 0.245 e. The number of rotatable bonds is 6. The number of carbonyl (C=O) groups is 1. The van der Waals surface area contributed by atoms with E-state index in [4.69, 9.17) is 0 Å². The maximum atomic E-state index is 13.2. The normalized spacial score (nSPS) is 12.4. The standard InChI is InChI=1S/C20H26N2O/c1-16(2)22(15-17-11-7-5-8-12-17)20(23)19(21(3)4)18-13-9-6-10-14-18/h5-14,16,19H,15H2,1-4H3. The minimum absolute atomic E-state index is 0.139. The van der Waals surface area contributed by atoms with Gasteiger partial charge in [0.25, 0.3) is 0 Å². The van der Waals surface area contributed by atoms with Gasteiger partial charge in [-0.05, 0) is 39.1 Å². The largest absolute Gasteiger partial charge is 0.334 e. The second-order valence-electron chi connectivity index (χ2n) is 6.32. The van der Waals surface area contributed by atoms with Crippen molar-refractivity contribution < 1.29 is 4.79 Å². The zero-order valence-electron chi connectivity index (χ0n) is 14.4. The van der Waals surface area contributed by atoms with Crippen LogP contribution in [0.15, 0.2) is 60.7 Å². The van der Waals surface area contributed by atoms with E-state index in [-0.39, 0.29) is 18.0 Å². The fourth-order valence-electron chi connectivity index (χ4n) is 2.75. The molecule has 1 amide bonds. The molecule has 2 aromatic rings. The van der Waals surface area contributed by atoms with E-state index in [9.17, 15) is 4.79 Å². The average Bonchev–Trinajstić information content (AvgIpc) is 2.54. The van der Waals surface area contributed by atoms with Gasteiger partial charge in [0.2, 0.25) is 5.91 Å². The van der Waals surface area contributed by atoms with Crippen molar-refractivity contribution in [3.63, 3.8) is 0 Å². The van der Waals surface area contributed by atoms with Gasteiger partial charge in [-0.1, -0.05) is 60.7 Å². The number of hydrogen-bond acceptors (Lipinski definition) is 2. The van der Waals surface area contributed by atoms with E-state index in [1.165, 1.54) is 0 Å². The van der Waals surface area contributed by atoms with Crippen LogP contribution in [0.4, 0.5) is 0 Å². The van der Waals surface area contributed by atoms with Gasteiger partial charge < -0.3 is 4.90 Å². The summed E-state index contributed by atoms with van der Waals surface area (Å²) in [7, 11) is 3.91. The zero-order chi connectivity index (χ0) is 16.8. The Kier molecular flexibility index (Phi) is 5.94. The Bertz CT molecular complexity index is 608. The van der Waals surface area contributed by atoms with Crippen molar-refractivity contribution in [2.24, 2.45) is 0 Å². The highest BCUT2D eigenvalue weighted by atomic mass is 16.2. The summed E-state index contributed by atoms with van der Waals surface area (Å²) in [5, 5.41) is 0. The maximum Gasteiger partial charge on any atom is 0.245 e. The molecule has 23 heavy (non-hydrogen) atoms. The summed E-state index contributed by atoms with van der Waals surface area (Å²) in [6.45, 7) is 4.77. The fourth-order valence-corrected chi connectivity index (χ4v) is 2.75. The highest BCUT2D eigenvalue weighted by Crippen LogP contribution is 2.23. The van der Waals surface area contributed by atoms with E-state index < -0.39 is 0 Å². The molecule has 0 N–H and O–H groups in total. The van der Waals surface area contributed by atoms with Crippen molar-refractivity contribution >= 4 is 5.91 Å². The van der Waals surface area contributed by atoms with Crippen LogP contribution in [-0.2, 0) is 11.3 Å². The number of benzene rings is 2. The number of likely N-dealkylation sites (N-methyl/N-ethyl adjacent to an activating group) is 1. The average molecular weight is 310 g/mol. The van der Waals surface area contributed by atoms with Gasteiger partial charge in [-0.15, -0.1) is 0 Å². The molecule has 2 rings (SSSR count). The van der Waals surface area contributed by atoms with E-state index >= 15 is 0 Å². The third kappa shape index (κ3) is 4.42. The summed E-state index contributed by atoms with van der Waals surface area (Å²) in [5.41, 5.74) is 2.18. The summed E-state index contributed by atoms with van der Waals surface area (Å²) in [4.78, 5) is 17.2. The summed E-state index contributed by atoms with van der Waals surface area (Å²) >= 11 is 0. The van der Waals surface area contributed by atoms with Gasteiger partial charge in [0.05, 0.1) is 0 Å². The molecular weight excluding hydrogens is 284 g/mol. The first-order chi connectivity index (χ1) is 11.0. The second-order valence-corrected chi connectivity index (χ2v) is 6.32. The van der Waals surface area contributed by atoms with Crippen LogP contribution in [0.25, 0.3) is 0 Å². The Morgan fingerprint density at radius 2 is 1.43 bits per heavy atom. The van der Waals surface area contributed by atoms with Crippen LogP contribution < -0.4 is 0 Å². The molecule has 0 saturated heterocycles. The monoisotopic (exact) mass is 310 g/mol. The Hall–Kier alpha value is -2.13. The molecule has 1 atom stereocenters. The lowest BCUT2D eigenvalue weighted by molar-refractivity contribution is -0.138. The van der Waals surface area contributed by atoms with Crippen LogP contribution in [0.3, 0.4) is 0 Å². The molecule has 0 saturated carbocycles. The highest BCUT2D eigenvalue weighted by molar-refractivity contribution is 5.83. The lowest BCUT2D eigenvalue weighted by Gasteiger charge is -2.33. The molecule has 0 aliphatic heterocycles. The van der Waals surface area contributed by atoms with E-state index in [2.05, 4.69) is 26.0 Å². The molecule has 0 spiro atoms. The third-order valence-corrected chi connectivity index (χ3v) is 3.97. The summed E-state index contributed by atoms with van der Waals surface area (Å²) in [5.74, 6) is 0.139. The summed E-state index contributed by atoms with van der Waals surface area (Å²) in [6.07, 6.45) is 0. The Morgan fingerprint density at radius 1 is 0.913 bits per heavy atom. The van der Waals surface area contributed by atoms with Crippen molar-refractivity contribution in [3.05, 3.63) is 71.8 Å². The lowest BCUT2D eigenvalue weighted by Crippen LogP contribution is -2.43. The van der Waals surface area contributed by atoms with Crippen molar-refractivity contribution in [2.75, 3.05) is 14.1 Å². The summed E-state index contributed by atoms with van der Waals surface area (Å²) < 4.78 is 0. The van der Waals surface area contributed by atoms with Crippen molar-refractivity contribution in [1.82, 2.24) is 9.80 Å². The molecule has 3 nitrogen and oxygen atoms in total. The minimum Gasteiger partial charge on any atom is -0.334 e. The molecule has 0 aliphatic rings. The van der Waals surface area contributed by atoms with Gasteiger partial charge in [-0.25, -0.2) is 0 Å². The zero-order valence-corrected chi connectivity index (χ0v) is 14.4. The van der Waals surface area contributed by atoms with Crippen molar-refractivity contribution in [1.29, 1.82) is 0 Å². The first kappa shape index (κ1) is 17.2. The van der Waals surface area contributed by atoms with Crippen LogP contribution in [-0.4, -0.2) is 35.8 Å². The number of hydrogen-bond donors (Lipinski definition) is 0. The van der Waals surface area contributed by atoms with Crippen LogP contribution in [0.1, 0.15) is 31.0 Å². The highest BCUT2D eigenvalue weighted by Gasteiger charge is 2.29. The van der Waals surface area contributed by atoms with E-state index in [1.807, 2.05) is 72.4 Å². The van der Waals surface area contributed by atoms with Gasteiger partial charge in [-0.3, -0.25) is 9.69 Å². The number of amides is 1. The molecule has 0 bridgehead atoms. The molecule has 122 valence electrons. The predicted molar refractivity (Wildman–Crippen MR) is 95.0 cm³/mol. The quantitative estimate of drug-likeness (QED) is 0.812. The van der Waals surface area contributed by atoms with Crippen LogP contribution in [0.2, 0.25) is 0 Å². The van der Waals surface area contributed by atoms with Crippen molar-refractivity contribution in [2.45, 2.75) is 32.5 Å². The predicted octanol–water partition coefficient (Wildman–Crippen LogP) is 3.73.